The van der Waals surface area contributed by atoms with E-state index in [9.17, 15) is 22.8 Å². The fraction of sp³-hybridized carbons (Fsp3) is 0.286. The van der Waals surface area contributed by atoms with Gasteiger partial charge in [0.2, 0.25) is 5.91 Å². The first kappa shape index (κ1) is 20.9. The van der Waals surface area contributed by atoms with E-state index in [-0.39, 0.29) is 22.6 Å². The molecule has 2 aromatic carbocycles. The number of anilines is 2. The number of carbonyl (C=O) groups is 3. The summed E-state index contributed by atoms with van der Waals surface area (Å²) in [7, 11) is -3.74. The number of imide groups is 1. The van der Waals surface area contributed by atoms with E-state index in [0.717, 1.165) is 0 Å². The molecule has 31 heavy (non-hydrogen) atoms. The average Bonchev–Trinajstić information content (AvgIpc) is 3.01. The standard InChI is InChI=1S/C21H22N4O5S/c26-18(14-9-11-21(12-10-14)19(27)23-20(28)24-21)22-15-5-4-6-16(13-15)25-31(29,30)17-7-2-1-3-8-17/h1-8,13-14,25H,9-12H2,(H,22,26)(H2,23,24,27,28). The molecule has 1 aliphatic carbocycles. The van der Waals surface area contributed by atoms with Crippen LogP contribution in [0, 0.1) is 5.92 Å². The molecule has 162 valence electrons. The summed E-state index contributed by atoms with van der Waals surface area (Å²) in [5.41, 5.74) is -0.121. The Balaban J connectivity index is 1.39. The lowest BCUT2D eigenvalue weighted by molar-refractivity contribution is -0.128. The van der Waals surface area contributed by atoms with Gasteiger partial charge >= 0.3 is 6.03 Å². The third-order valence-electron chi connectivity index (χ3n) is 5.66. The van der Waals surface area contributed by atoms with Gasteiger partial charge in [-0.1, -0.05) is 24.3 Å². The predicted octanol–water partition coefficient (Wildman–Crippen LogP) is 2.19. The molecule has 0 unspecified atom stereocenters. The lowest BCUT2D eigenvalue weighted by Crippen LogP contribution is -2.50. The van der Waals surface area contributed by atoms with Gasteiger partial charge in [-0.2, -0.15) is 0 Å². The molecule has 10 heteroatoms. The summed E-state index contributed by atoms with van der Waals surface area (Å²) in [6, 6.07) is 14.0. The maximum atomic E-state index is 12.7. The van der Waals surface area contributed by atoms with Crippen molar-refractivity contribution in [1.29, 1.82) is 0 Å². The van der Waals surface area contributed by atoms with Crippen LogP contribution in [0.4, 0.5) is 16.2 Å². The first-order valence-corrected chi connectivity index (χ1v) is 11.4. The van der Waals surface area contributed by atoms with Gasteiger partial charge in [0.25, 0.3) is 15.9 Å². The molecule has 1 heterocycles. The Morgan fingerprint density at radius 3 is 2.29 bits per heavy atom. The number of benzene rings is 2. The zero-order valence-corrected chi connectivity index (χ0v) is 17.4. The Morgan fingerprint density at radius 1 is 0.968 bits per heavy atom. The number of hydrogen-bond acceptors (Lipinski definition) is 5. The molecule has 1 spiro atoms. The minimum Gasteiger partial charge on any atom is -0.326 e. The fourth-order valence-electron chi connectivity index (χ4n) is 3.97. The monoisotopic (exact) mass is 442 g/mol. The summed E-state index contributed by atoms with van der Waals surface area (Å²) in [4.78, 5) is 36.3. The maximum Gasteiger partial charge on any atom is 0.322 e. The Labute approximate surface area is 179 Å². The molecule has 0 aromatic heterocycles. The van der Waals surface area contributed by atoms with Gasteiger partial charge in [-0.15, -0.1) is 0 Å². The van der Waals surface area contributed by atoms with Crippen molar-refractivity contribution in [3.05, 3.63) is 54.6 Å². The average molecular weight is 442 g/mol. The fourth-order valence-corrected chi connectivity index (χ4v) is 5.04. The number of urea groups is 1. The Hall–Kier alpha value is -3.40. The summed E-state index contributed by atoms with van der Waals surface area (Å²) in [6.45, 7) is 0. The molecule has 0 bridgehead atoms. The van der Waals surface area contributed by atoms with E-state index in [4.69, 9.17) is 0 Å². The van der Waals surface area contributed by atoms with Crippen LogP contribution >= 0.6 is 0 Å². The van der Waals surface area contributed by atoms with Gasteiger partial charge in [-0.25, -0.2) is 13.2 Å². The molecule has 2 aliphatic rings. The van der Waals surface area contributed by atoms with E-state index in [1.165, 1.54) is 12.1 Å². The normalized spacial score (nSPS) is 23.2. The lowest BCUT2D eigenvalue weighted by Gasteiger charge is -2.33. The maximum absolute atomic E-state index is 12.7. The molecule has 1 saturated heterocycles. The third kappa shape index (κ3) is 4.38. The van der Waals surface area contributed by atoms with Crippen LogP contribution in [-0.2, 0) is 19.6 Å². The minimum absolute atomic E-state index is 0.142. The summed E-state index contributed by atoms with van der Waals surface area (Å²) in [5, 5.41) is 7.74. The smallest absolute Gasteiger partial charge is 0.322 e. The zero-order chi connectivity index (χ0) is 22.1. The Kier molecular flexibility index (Phi) is 5.40. The highest BCUT2D eigenvalue weighted by Gasteiger charge is 2.48. The van der Waals surface area contributed by atoms with Crippen LogP contribution in [0.25, 0.3) is 0 Å². The van der Waals surface area contributed by atoms with Gasteiger partial charge in [-0.3, -0.25) is 19.6 Å². The van der Waals surface area contributed by atoms with E-state index < -0.39 is 21.6 Å². The summed E-state index contributed by atoms with van der Waals surface area (Å²) >= 11 is 0. The number of hydrogen-bond donors (Lipinski definition) is 4. The molecular formula is C21H22N4O5S. The molecular weight excluding hydrogens is 420 g/mol. The van der Waals surface area contributed by atoms with Crippen molar-refractivity contribution < 1.29 is 22.8 Å². The van der Waals surface area contributed by atoms with Crippen LogP contribution in [0.5, 0.6) is 0 Å². The van der Waals surface area contributed by atoms with Crippen LogP contribution in [0.15, 0.2) is 59.5 Å². The molecule has 4 amide bonds. The SMILES string of the molecule is O=C1NC(=O)C2(CCC(C(=O)Nc3cccc(NS(=O)(=O)c4ccccc4)c3)CC2)N1. The van der Waals surface area contributed by atoms with Gasteiger partial charge in [0, 0.05) is 11.6 Å². The zero-order valence-electron chi connectivity index (χ0n) is 16.6. The van der Waals surface area contributed by atoms with E-state index in [0.29, 0.717) is 37.1 Å². The molecule has 2 fully saturated rings. The Bertz CT molecular complexity index is 1130. The first-order chi connectivity index (χ1) is 14.8. The number of sulfonamides is 1. The molecule has 2 aromatic rings. The third-order valence-corrected chi connectivity index (χ3v) is 7.06. The summed E-state index contributed by atoms with van der Waals surface area (Å²) in [6.07, 6.45) is 1.69. The van der Waals surface area contributed by atoms with Crippen molar-refractivity contribution in [2.24, 2.45) is 5.92 Å². The van der Waals surface area contributed by atoms with E-state index in [2.05, 4.69) is 20.7 Å². The van der Waals surface area contributed by atoms with Gasteiger partial charge in [0.05, 0.1) is 10.6 Å². The van der Waals surface area contributed by atoms with Gasteiger partial charge in [0.1, 0.15) is 5.54 Å². The van der Waals surface area contributed by atoms with Crippen molar-refractivity contribution in [3.63, 3.8) is 0 Å². The second-order valence-corrected chi connectivity index (χ2v) is 9.44. The number of amides is 4. The Morgan fingerprint density at radius 2 is 1.65 bits per heavy atom. The highest BCUT2D eigenvalue weighted by atomic mass is 32.2. The van der Waals surface area contributed by atoms with Crippen molar-refractivity contribution >= 4 is 39.2 Å². The lowest BCUT2D eigenvalue weighted by atomic mass is 9.76. The minimum atomic E-state index is -3.74. The van der Waals surface area contributed by atoms with Crippen LogP contribution in [-0.4, -0.2) is 31.8 Å². The van der Waals surface area contributed by atoms with Gasteiger partial charge in [0.15, 0.2) is 0 Å². The summed E-state index contributed by atoms with van der Waals surface area (Å²) < 4.78 is 27.5. The van der Waals surface area contributed by atoms with Crippen LogP contribution in [0.3, 0.4) is 0 Å². The largest absolute Gasteiger partial charge is 0.326 e. The highest BCUT2D eigenvalue weighted by molar-refractivity contribution is 7.92. The number of nitrogens with one attached hydrogen (secondary N) is 4. The molecule has 0 atom stereocenters. The van der Waals surface area contributed by atoms with Crippen molar-refractivity contribution in [3.8, 4) is 0 Å². The van der Waals surface area contributed by atoms with E-state index >= 15 is 0 Å². The molecule has 4 rings (SSSR count). The van der Waals surface area contributed by atoms with E-state index in [1.807, 2.05) is 0 Å². The molecule has 9 nitrogen and oxygen atoms in total. The molecule has 4 N–H and O–H groups in total. The van der Waals surface area contributed by atoms with Crippen LogP contribution in [0.2, 0.25) is 0 Å². The predicted molar refractivity (Wildman–Crippen MR) is 114 cm³/mol. The van der Waals surface area contributed by atoms with Gasteiger partial charge in [-0.05, 0) is 56.0 Å². The van der Waals surface area contributed by atoms with Crippen molar-refractivity contribution in [2.75, 3.05) is 10.0 Å². The first-order valence-electron chi connectivity index (χ1n) is 9.90. The topological polar surface area (TPSA) is 133 Å². The van der Waals surface area contributed by atoms with Crippen LogP contribution in [0.1, 0.15) is 25.7 Å². The van der Waals surface area contributed by atoms with Crippen LogP contribution < -0.4 is 20.7 Å². The second kappa shape index (κ2) is 8.03. The van der Waals surface area contributed by atoms with E-state index in [1.54, 1.807) is 42.5 Å². The number of rotatable bonds is 5. The van der Waals surface area contributed by atoms with Crippen molar-refractivity contribution in [1.82, 2.24) is 10.6 Å². The quantitative estimate of drug-likeness (QED) is 0.527. The second-order valence-electron chi connectivity index (χ2n) is 7.75. The molecule has 0 radical (unpaired) electrons. The molecule has 1 saturated carbocycles. The van der Waals surface area contributed by atoms with Gasteiger partial charge < -0.3 is 10.6 Å². The van der Waals surface area contributed by atoms with Crippen molar-refractivity contribution in [2.45, 2.75) is 36.1 Å². The highest BCUT2D eigenvalue weighted by Crippen LogP contribution is 2.35. The molecule has 1 aliphatic heterocycles. The summed E-state index contributed by atoms with van der Waals surface area (Å²) in [5.74, 6) is -0.849. The number of carbonyl (C=O) groups excluding carboxylic acids is 3.